The summed E-state index contributed by atoms with van der Waals surface area (Å²) in [7, 11) is 1.68. The van der Waals surface area contributed by atoms with Gasteiger partial charge in [0.1, 0.15) is 5.75 Å². The smallest absolute Gasteiger partial charge is 0.119 e. The normalized spacial score (nSPS) is 9.86. The second kappa shape index (κ2) is 6.60. The number of ether oxygens (including phenoxy) is 1. The minimum absolute atomic E-state index is 0.894. The quantitative estimate of drug-likeness (QED) is 0.557. The van der Waals surface area contributed by atoms with Crippen LogP contribution in [0.1, 0.15) is 12.8 Å². The van der Waals surface area contributed by atoms with Crippen LogP contribution in [0.4, 0.5) is 5.69 Å². The maximum atomic E-state index is 5.07. The molecule has 0 spiro atoms. The summed E-state index contributed by atoms with van der Waals surface area (Å²) in [4.78, 5) is 0. The van der Waals surface area contributed by atoms with E-state index < -0.39 is 0 Å². The van der Waals surface area contributed by atoms with Gasteiger partial charge in [-0.1, -0.05) is 0 Å². The number of rotatable bonds is 6. The van der Waals surface area contributed by atoms with Gasteiger partial charge in [0.25, 0.3) is 0 Å². The molecule has 2 nitrogen and oxygen atoms in total. The molecule has 1 N–H and O–H groups in total. The van der Waals surface area contributed by atoms with E-state index in [-0.39, 0.29) is 0 Å². The summed E-state index contributed by atoms with van der Waals surface area (Å²) >= 11 is 4.16. The minimum Gasteiger partial charge on any atom is -0.497 e. The molecule has 0 amide bonds. The average molecular weight is 211 g/mol. The lowest BCUT2D eigenvalue weighted by molar-refractivity contribution is 0.415. The summed E-state index contributed by atoms with van der Waals surface area (Å²) in [5.74, 6) is 1.86. The van der Waals surface area contributed by atoms with Crippen molar-refractivity contribution >= 4 is 18.3 Å². The third kappa shape index (κ3) is 3.92. The lowest BCUT2D eigenvalue weighted by atomic mass is 10.3. The van der Waals surface area contributed by atoms with Gasteiger partial charge in [-0.05, 0) is 42.9 Å². The zero-order valence-electron chi connectivity index (χ0n) is 8.49. The van der Waals surface area contributed by atoms with Crippen LogP contribution in [0.5, 0.6) is 5.75 Å². The summed E-state index contributed by atoms with van der Waals surface area (Å²) in [5.41, 5.74) is 1.14. The van der Waals surface area contributed by atoms with E-state index in [0.29, 0.717) is 0 Å². The maximum absolute atomic E-state index is 5.07. The first-order valence-corrected chi connectivity index (χ1v) is 5.49. The van der Waals surface area contributed by atoms with E-state index in [9.17, 15) is 0 Å². The van der Waals surface area contributed by atoms with Crippen molar-refractivity contribution in [3.8, 4) is 5.75 Å². The standard InChI is InChI=1S/C11H17NOS/c1-13-11-6-4-10(5-7-11)12-8-2-3-9-14/h4-7,12,14H,2-3,8-9H2,1H3. The molecule has 14 heavy (non-hydrogen) atoms. The molecule has 0 fully saturated rings. The summed E-state index contributed by atoms with van der Waals surface area (Å²) in [5, 5.41) is 3.34. The van der Waals surface area contributed by atoms with Gasteiger partial charge in [-0.15, -0.1) is 0 Å². The van der Waals surface area contributed by atoms with Crippen molar-refractivity contribution in [2.24, 2.45) is 0 Å². The zero-order chi connectivity index (χ0) is 10.2. The molecule has 0 saturated carbocycles. The molecule has 0 unspecified atom stereocenters. The highest BCUT2D eigenvalue weighted by Gasteiger charge is 1.92. The molecule has 78 valence electrons. The minimum atomic E-state index is 0.894. The van der Waals surface area contributed by atoms with Crippen molar-refractivity contribution in [2.45, 2.75) is 12.8 Å². The Balaban J connectivity index is 2.29. The van der Waals surface area contributed by atoms with Crippen LogP contribution in [0.15, 0.2) is 24.3 Å². The summed E-state index contributed by atoms with van der Waals surface area (Å²) < 4.78 is 5.07. The molecule has 0 saturated heterocycles. The molecule has 1 aromatic carbocycles. The van der Waals surface area contributed by atoms with Crippen LogP contribution in [-0.2, 0) is 0 Å². The first-order valence-electron chi connectivity index (χ1n) is 4.85. The number of anilines is 1. The Morgan fingerprint density at radius 3 is 2.50 bits per heavy atom. The molecule has 0 radical (unpaired) electrons. The Hall–Kier alpha value is -0.830. The average Bonchev–Trinajstić information content (AvgIpc) is 2.25. The molecule has 0 bridgehead atoms. The SMILES string of the molecule is COc1ccc(NCCCCS)cc1. The van der Waals surface area contributed by atoms with Crippen molar-refractivity contribution in [1.82, 2.24) is 0 Å². The monoisotopic (exact) mass is 211 g/mol. The molecule has 0 heterocycles. The second-order valence-electron chi connectivity index (χ2n) is 3.09. The highest BCUT2D eigenvalue weighted by molar-refractivity contribution is 7.80. The van der Waals surface area contributed by atoms with Gasteiger partial charge in [-0.25, -0.2) is 0 Å². The molecule has 3 heteroatoms. The number of thiol groups is 1. The number of hydrogen-bond donors (Lipinski definition) is 2. The van der Waals surface area contributed by atoms with Gasteiger partial charge >= 0.3 is 0 Å². The van der Waals surface area contributed by atoms with Crippen molar-refractivity contribution in [2.75, 3.05) is 24.7 Å². The van der Waals surface area contributed by atoms with Crippen LogP contribution in [0.25, 0.3) is 0 Å². The van der Waals surface area contributed by atoms with E-state index in [4.69, 9.17) is 4.74 Å². The van der Waals surface area contributed by atoms with Crippen molar-refractivity contribution in [3.05, 3.63) is 24.3 Å². The van der Waals surface area contributed by atoms with E-state index in [2.05, 4.69) is 17.9 Å². The highest BCUT2D eigenvalue weighted by atomic mass is 32.1. The largest absolute Gasteiger partial charge is 0.497 e. The molecule has 0 aliphatic heterocycles. The predicted octanol–water partition coefficient (Wildman–Crippen LogP) is 2.82. The van der Waals surface area contributed by atoms with Gasteiger partial charge in [0, 0.05) is 12.2 Å². The van der Waals surface area contributed by atoms with Crippen LogP contribution in [-0.4, -0.2) is 19.4 Å². The molecule has 1 aromatic rings. The lowest BCUT2D eigenvalue weighted by Gasteiger charge is -2.06. The van der Waals surface area contributed by atoms with E-state index in [1.807, 2.05) is 24.3 Å². The summed E-state index contributed by atoms with van der Waals surface area (Å²) in [6, 6.07) is 7.97. The third-order valence-electron chi connectivity index (χ3n) is 2.00. The van der Waals surface area contributed by atoms with E-state index >= 15 is 0 Å². The van der Waals surface area contributed by atoms with Crippen LogP contribution in [0.2, 0.25) is 0 Å². The van der Waals surface area contributed by atoms with Gasteiger partial charge in [0.15, 0.2) is 0 Å². The number of methoxy groups -OCH3 is 1. The Bertz CT molecular complexity index is 248. The molecule has 0 aromatic heterocycles. The van der Waals surface area contributed by atoms with Crippen LogP contribution in [0.3, 0.4) is 0 Å². The van der Waals surface area contributed by atoms with Gasteiger partial charge in [-0.2, -0.15) is 12.6 Å². The number of nitrogens with one attached hydrogen (secondary N) is 1. The summed E-state index contributed by atoms with van der Waals surface area (Å²) in [6.45, 7) is 1.01. The lowest BCUT2D eigenvalue weighted by Crippen LogP contribution is -2.01. The third-order valence-corrected chi connectivity index (χ3v) is 2.32. The van der Waals surface area contributed by atoms with Gasteiger partial charge in [-0.3, -0.25) is 0 Å². The maximum Gasteiger partial charge on any atom is 0.119 e. The van der Waals surface area contributed by atoms with Gasteiger partial charge < -0.3 is 10.1 Å². The fourth-order valence-electron chi connectivity index (χ4n) is 1.18. The van der Waals surface area contributed by atoms with E-state index in [1.165, 1.54) is 0 Å². The predicted molar refractivity (Wildman–Crippen MR) is 64.6 cm³/mol. The molecular formula is C11H17NOS. The first-order chi connectivity index (χ1) is 6.86. The Morgan fingerprint density at radius 2 is 1.93 bits per heavy atom. The number of benzene rings is 1. The van der Waals surface area contributed by atoms with Crippen molar-refractivity contribution in [3.63, 3.8) is 0 Å². The van der Waals surface area contributed by atoms with E-state index in [0.717, 1.165) is 36.6 Å². The second-order valence-corrected chi connectivity index (χ2v) is 3.53. The van der Waals surface area contributed by atoms with Gasteiger partial charge in [0.2, 0.25) is 0 Å². The topological polar surface area (TPSA) is 21.3 Å². The number of unbranched alkanes of at least 4 members (excludes halogenated alkanes) is 1. The zero-order valence-corrected chi connectivity index (χ0v) is 9.39. The molecule has 0 aliphatic carbocycles. The molecule has 0 atom stereocenters. The van der Waals surface area contributed by atoms with Crippen LogP contribution in [0, 0.1) is 0 Å². The molecule has 0 aliphatic rings. The van der Waals surface area contributed by atoms with Crippen molar-refractivity contribution < 1.29 is 4.74 Å². The first kappa shape index (κ1) is 11.2. The molecular weight excluding hydrogens is 194 g/mol. The Kier molecular flexibility index (Phi) is 5.30. The Morgan fingerprint density at radius 1 is 1.21 bits per heavy atom. The van der Waals surface area contributed by atoms with Crippen LogP contribution >= 0.6 is 12.6 Å². The van der Waals surface area contributed by atoms with E-state index in [1.54, 1.807) is 7.11 Å². The summed E-state index contributed by atoms with van der Waals surface area (Å²) in [6.07, 6.45) is 2.32. The highest BCUT2D eigenvalue weighted by Crippen LogP contribution is 2.14. The molecule has 1 rings (SSSR count). The number of hydrogen-bond acceptors (Lipinski definition) is 3. The Labute approximate surface area is 91.1 Å². The fourth-order valence-corrected chi connectivity index (χ4v) is 1.40. The van der Waals surface area contributed by atoms with Gasteiger partial charge in [0.05, 0.1) is 7.11 Å². The fraction of sp³-hybridized carbons (Fsp3) is 0.455. The van der Waals surface area contributed by atoms with Crippen LogP contribution < -0.4 is 10.1 Å². The van der Waals surface area contributed by atoms with Crippen molar-refractivity contribution in [1.29, 1.82) is 0 Å².